The van der Waals surface area contributed by atoms with Crippen molar-refractivity contribution >= 4 is 11.6 Å². The van der Waals surface area contributed by atoms with E-state index < -0.39 is 4.92 Å². The zero-order valence-corrected chi connectivity index (χ0v) is 10.8. The maximum atomic E-state index is 12.8. The second-order valence-electron chi connectivity index (χ2n) is 4.40. The van der Waals surface area contributed by atoms with Crippen LogP contribution >= 0.6 is 0 Å². The van der Waals surface area contributed by atoms with Crippen LogP contribution in [-0.2, 0) is 6.42 Å². The van der Waals surface area contributed by atoms with Gasteiger partial charge in [0.15, 0.2) is 0 Å². The molecule has 0 aliphatic heterocycles. The van der Waals surface area contributed by atoms with Crippen molar-refractivity contribution in [1.82, 2.24) is 9.97 Å². The molecule has 7 heteroatoms. The topological polar surface area (TPSA) is 81.0 Å². The van der Waals surface area contributed by atoms with Crippen molar-refractivity contribution in [2.45, 2.75) is 19.4 Å². The van der Waals surface area contributed by atoms with Crippen molar-refractivity contribution in [2.24, 2.45) is 0 Å². The van der Waals surface area contributed by atoms with E-state index in [1.807, 2.05) is 6.92 Å². The number of hydrogen-bond acceptors (Lipinski definition) is 5. The van der Waals surface area contributed by atoms with Gasteiger partial charge < -0.3 is 5.32 Å². The Balaban J connectivity index is 1.95. The summed E-state index contributed by atoms with van der Waals surface area (Å²) in [6.45, 7) is 1.92. The summed E-state index contributed by atoms with van der Waals surface area (Å²) in [7, 11) is 0. The molecule has 0 fully saturated rings. The van der Waals surface area contributed by atoms with Gasteiger partial charge >= 0.3 is 5.69 Å². The molecule has 0 saturated heterocycles. The number of nitro groups is 1. The van der Waals surface area contributed by atoms with Crippen LogP contribution in [0.5, 0.6) is 0 Å². The molecule has 0 saturated carbocycles. The van der Waals surface area contributed by atoms with Crippen molar-refractivity contribution < 1.29 is 9.31 Å². The molecule has 104 valence electrons. The van der Waals surface area contributed by atoms with Crippen LogP contribution in [0.25, 0.3) is 0 Å². The third kappa shape index (κ3) is 3.71. The van der Waals surface area contributed by atoms with Gasteiger partial charge in [0, 0.05) is 6.04 Å². The van der Waals surface area contributed by atoms with E-state index >= 15 is 0 Å². The van der Waals surface area contributed by atoms with Crippen LogP contribution in [0.2, 0.25) is 0 Å². The van der Waals surface area contributed by atoms with Gasteiger partial charge in [-0.3, -0.25) is 10.1 Å². The molecule has 0 amide bonds. The quantitative estimate of drug-likeness (QED) is 0.670. The van der Waals surface area contributed by atoms with Crippen molar-refractivity contribution in [3.63, 3.8) is 0 Å². The Morgan fingerprint density at radius 2 is 1.90 bits per heavy atom. The molecule has 0 spiro atoms. The standard InChI is InChI=1S/C13H13FN4O2/c1-9(6-10-2-4-11(14)5-3-10)17-13-15-7-12(8-16-13)18(19)20/h2-5,7-9H,6H2,1H3,(H,15,16,17). The van der Waals surface area contributed by atoms with E-state index in [-0.39, 0.29) is 17.5 Å². The second-order valence-corrected chi connectivity index (χ2v) is 4.40. The highest BCUT2D eigenvalue weighted by Gasteiger charge is 2.09. The van der Waals surface area contributed by atoms with Gasteiger partial charge in [0.2, 0.25) is 5.95 Å². The molecule has 20 heavy (non-hydrogen) atoms. The highest BCUT2D eigenvalue weighted by molar-refractivity contribution is 5.32. The Morgan fingerprint density at radius 3 is 2.45 bits per heavy atom. The number of halogens is 1. The fourth-order valence-electron chi connectivity index (χ4n) is 1.74. The normalized spacial score (nSPS) is 11.9. The van der Waals surface area contributed by atoms with Crippen molar-refractivity contribution in [1.29, 1.82) is 0 Å². The smallest absolute Gasteiger partial charge is 0.305 e. The zero-order chi connectivity index (χ0) is 14.5. The average Bonchev–Trinajstić information content (AvgIpc) is 2.42. The summed E-state index contributed by atoms with van der Waals surface area (Å²) < 4.78 is 12.8. The predicted octanol–water partition coefficient (Wildman–Crippen LogP) is 2.57. The molecule has 1 heterocycles. The minimum Gasteiger partial charge on any atom is -0.351 e. The van der Waals surface area contributed by atoms with Crippen molar-refractivity contribution in [3.8, 4) is 0 Å². The number of aromatic nitrogens is 2. The first-order valence-electron chi connectivity index (χ1n) is 6.02. The fraction of sp³-hybridized carbons (Fsp3) is 0.231. The molecule has 6 nitrogen and oxygen atoms in total. The number of benzene rings is 1. The second kappa shape index (κ2) is 6.05. The number of nitrogens with zero attached hydrogens (tertiary/aromatic N) is 3. The Hall–Kier alpha value is -2.57. The molecule has 1 atom stereocenters. The third-order valence-corrected chi connectivity index (χ3v) is 2.68. The molecule has 2 aromatic rings. The number of anilines is 1. The summed E-state index contributed by atoms with van der Waals surface area (Å²) in [6.07, 6.45) is 2.97. The number of hydrogen-bond donors (Lipinski definition) is 1. The molecule has 2 rings (SSSR count). The van der Waals surface area contributed by atoms with Gasteiger partial charge in [0.25, 0.3) is 0 Å². The first-order valence-corrected chi connectivity index (χ1v) is 6.02. The predicted molar refractivity (Wildman–Crippen MR) is 71.9 cm³/mol. The molecule has 1 aromatic carbocycles. The summed E-state index contributed by atoms with van der Waals surface area (Å²) in [4.78, 5) is 17.7. The van der Waals surface area contributed by atoms with Crippen LogP contribution in [0.15, 0.2) is 36.7 Å². The minimum atomic E-state index is -0.550. The summed E-state index contributed by atoms with van der Waals surface area (Å²) in [5, 5.41) is 13.5. The van der Waals surface area contributed by atoms with Crippen molar-refractivity contribution in [2.75, 3.05) is 5.32 Å². The molecule has 0 aliphatic carbocycles. The maximum absolute atomic E-state index is 12.8. The van der Waals surface area contributed by atoms with Crippen LogP contribution in [0, 0.1) is 15.9 Å². The van der Waals surface area contributed by atoms with E-state index in [1.165, 1.54) is 12.1 Å². The Bertz CT molecular complexity index is 586. The average molecular weight is 276 g/mol. The summed E-state index contributed by atoms with van der Waals surface area (Å²) in [6, 6.07) is 6.26. The van der Waals surface area contributed by atoms with Crippen LogP contribution in [-0.4, -0.2) is 20.9 Å². The Labute approximate surface area is 114 Å². The summed E-state index contributed by atoms with van der Waals surface area (Å²) >= 11 is 0. The van der Waals surface area contributed by atoms with Crippen molar-refractivity contribution in [3.05, 3.63) is 58.2 Å². The SMILES string of the molecule is CC(Cc1ccc(F)cc1)Nc1ncc([N+](=O)[O-])cn1. The van der Waals surface area contributed by atoms with Gasteiger partial charge in [-0.15, -0.1) is 0 Å². The monoisotopic (exact) mass is 276 g/mol. The Morgan fingerprint density at radius 1 is 1.30 bits per heavy atom. The van der Waals surface area contributed by atoms with E-state index in [2.05, 4.69) is 15.3 Å². The third-order valence-electron chi connectivity index (χ3n) is 2.68. The Kier molecular flexibility index (Phi) is 4.19. The molecule has 1 unspecified atom stereocenters. The first-order chi connectivity index (χ1) is 9.54. The molecule has 0 bridgehead atoms. The van der Waals surface area contributed by atoms with Gasteiger partial charge in [-0.2, -0.15) is 0 Å². The van der Waals surface area contributed by atoms with Gasteiger partial charge in [0.1, 0.15) is 18.2 Å². The van der Waals surface area contributed by atoms with Gasteiger partial charge in [-0.1, -0.05) is 12.1 Å². The first kappa shape index (κ1) is 13.9. The fourth-order valence-corrected chi connectivity index (χ4v) is 1.74. The molecule has 0 radical (unpaired) electrons. The van der Waals surface area contributed by atoms with Gasteiger partial charge in [0.05, 0.1) is 4.92 Å². The minimum absolute atomic E-state index is 0.0157. The van der Waals surface area contributed by atoms with E-state index in [9.17, 15) is 14.5 Å². The van der Waals surface area contributed by atoms with Crippen LogP contribution < -0.4 is 5.32 Å². The lowest BCUT2D eigenvalue weighted by Gasteiger charge is -2.13. The van der Waals surface area contributed by atoms with E-state index in [4.69, 9.17) is 0 Å². The molecular weight excluding hydrogens is 263 g/mol. The molecular formula is C13H13FN4O2. The lowest BCUT2D eigenvalue weighted by molar-refractivity contribution is -0.385. The van der Waals surface area contributed by atoms with Gasteiger partial charge in [-0.25, -0.2) is 14.4 Å². The number of nitrogens with one attached hydrogen (secondary N) is 1. The molecule has 1 aromatic heterocycles. The lowest BCUT2D eigenvalue weighted by atomic mass is 10.1. The number of rotatable bonds is 5. The van der Waals surface area contributed by atoms with Crippen LogP contribution in [0.1, 0.15) is 12.5 Å². The van der Waals surface area contributed by atoms with E-state index in [0.29, 0.717) is 12.4 Å². The summed E-state index contributed by atoms with van der Waals surface area (Å²) in [5.74, 6) is 0.0540. The zero-order valence-electron chi connectivity index (χ0n) is 10.8. The maximum Gasteiger partial charge on any atom is 0.305 e. The highest BCUT2D eigenvalue weighted by atomic mass is 19.1. The molecule has 1 N–H and O–H groups in total. The van der Waals surface area contributed by atoms with Gasteiger partial charge in [-0.05, 0) is 31.0 Å². The lowest BCUT2D eigenvalue weighted by Crippen LogP contribution is -2.19. The highest BCUT2D eigenvalue weighted by Crippen LogP contribution is 2.11. The summed E-state index contributed by atoms with van der Waals surface area (Å²) in [5.41, 5.74) is 0.829. The van der Waals surface area contributed by atoms with Crippen LogP contribution in [0.4, 0.5) is 16.0 Å². The van der Waals surface area contributed by atoms with Crippen LogP contribution in [0.3, 0.4) is 0 Å². The van der Waals surface area contributed by atoms with E-state index in [1.54, 1.807) is 12.1 Å². The van der Waals surface area contributed by atoms with E-state index in [0.717, 1.165) is 18.0 Å². The largest absolute Gasteiger partial charge is 0.351 e. The molecule has 0 aliphatic rings.